The number of rotatable bonds is 5. The topological polar surface area (TPSA) is 58.2 Å². The molecule has 0 saturated carbocycles. The van der Waals surface area contributed by atoms with Crippen LogP contribution in [-0.2, 0) is 6.54 Å². The number of carbonyl (C=O) groups is 2. The number of hydrogen-bond acceptors (Lipinski definition) is 2. The first kappa shape index (κ1) is 18.7. The predicted molar refractivity (Wildman–Crippen MR) is 108 cm³/mol. The molecule has 3 rings (SSSR count). The number of halogens is 1. The van der Waals surface area contributed by atoms with Gasteiger partial charge in [0.1, 0.15) is 0 Å². The van der Waals surface area contributed by atoms with Crippen LogP contribution in [0.15, 0.2) is 72.8 Å². The summed E-state index contributed by atoms with van der Waals surface area (Å²) < 4.78 is 0. The van der Waals surface area contributed by atoms with Crippen LogP contribution in [0.2, 0.25) is 5.02 Å². The number of anilines is 1. The molecular formula is C22H19ClN2O2. The van der Waals surface area contributed by atoms with Gasteiger partial charge in [-0.15, -0.1) is 0 Å². The van der Waals surface area contributed by atoms with E-state index in [0.717, 1.165) is 11.1 Å². The highest BCUT2D eigenvalue weighted by molar-refractivity contribution is 6.30. The molecule has 3 aromatic carbocycles. The van der Waals surface area contributed by atoms with E-state index in [0.29, 0.717) is 28.4 Å². The van der Waals surface area contributed by atoms with Crippen LogP contribution in [0.25, 0.3) is 0 Å². The third kappa shape index (κ3) is 4.96. The van der Waals surface area contributed by atoms with E-state index in [1.54, 1.807) is 42.5 Å². The van der Waals surface area contributed by atoms with Gasteiger partial charge in [-0.25, -0.2) is 0 Å². The summed E-state index contributed by atoms with van der Waals surface area (Å²) in [6.45, 7) is 2.30. The molecule has 5 heteroatoms. The van der Waals surface area contributed by atoms with Crippen molar-refractivity contribution in [1.82, 2.24) is 5.32 Å². The minimum atomic E-state index is -0.280. The Bertz CT molecular complexity index is 971. The molecule has 0 atom stereocenters. The molecule has 27 heavy (non-hydrogen) atoms. The van der Waals surface area contributed by atoms with Crippen LogP contribution in [-0.4, -0.2) is 11.8 Å². The van der Waals surface area contributed by atoms with Crippen LogP contribution in [0.4, 0.5) is 5.69 Å². The third-order valence-corrected chi connectivity index (χ3v) is 4.35. The molecule has 0 radical (unpaired) electrons. The minimum absolute atomic E-state index is 0.226. The zero-order valence-electron chi connectivity index (χ0n) is 14.8. The first-order valence-electron chi connectivity index (χ1n) is 8.52. The highest BCUT2D eigenvalue weighted by Crippen LogP contribution is 2.20. The summed E-state index contributed by atoms with van der Waals surface area (Å²) in [5.74, 6) is -0.505. The molecular weight excluding hydrogens is 360 g/mol. The van der Waals surface area contributed by atoms with Crippen molar-refractivity contribution in [3.63, 3.8) is 0 Å². The van der Waals surface area contributed by atoms with Gasteiger partial charge in [-0.3, -0.25) is 9.59 Å². The summed E-state index contributed by atoms with van der Waals surface area (Å²) in [4.78, 5) is 24.9. The standard InChI is InChI=1S/C22H19ClN2O2/c1-15-12-19(23)10-11-20(15)25-22(27)18-9-5-8-17(13-18)21(26)24-14-16-6-3-2-4-7-16/h2-13H,14H2,1H3,(H,24,26)(H,25,27). The Morgan fingerprint density at radius 1 is 0.852 bits per heavy atom. The number of carbonyl (C=O) groups excluding carboxylic acids is 2. The van der Waals surface area contributed by atoms with Crippen molar-refractivity contribution >= 4 is 29.1 Å². The minimum Gasteiger partial charge on any atom is -0.348 e. The molecule has 0 fully saturated rings. The fourth-order valence-corrected chi connectivity index (χ4v) is 2.87. The Hall–Kier alpha value is -3.11. The molecule has 0 aliphatic carbocycles. The van der Waals surface area contributed by atoms with Crippen LogP contribution in [0, 0.1) is 6.92 Å². The predicted octanol–water partition coefficient (Wildman–Crippen LogP) is 4.83. The maximum Gasteiger partial charge on any atom is 0.255 e. The first-order valence-corrected chi connectivity index (χ1v) is 8.90. The molecule has 2 amide bonds. The van der Waals surface area contributed by atoms with Gasteiger partial charge in [0.05, 0.1) is 0 Å². The zero-order valence-corrected chi connectivity index (χ0v) is 15.6. The normalized spacial score (nSPS) is 10.3. The average Bonchev–Trinajstić information content (AvgIpc) is 2.69. The van der Waals surface area contributed by atoms with Gasteiger partial charge in [-0.05, 0) is 54.4 Å². The number of hydrogen-bond donors (Lipinski definition) is 2. The molecule has 0 saturated heterocycles. The molecule has 0 aliphatic heterocycles. The summed E-state index contributed by atoms with van der Waals surface area (Å²) in [6, 6.07) is 21.6. The van der Waals surface area contributed by atoms with Crippen molar-refractivity contribution in [1.29, 1.82) is 0 Å². The fourth-order valence-electron chi connectivity index (χ4n) is 2.64. The lowest BCUT2D eigenvalue weighted by Gasteiger charge is -2.10. The second kappa shape index (κ2) is 8.52. The Morgan fingerprint density at radius 2 is 1.56 bits per heavy atom. The van der Waals surface area contributed by atoms with Gasteiger partial charge in [0, 0.05) is 28.4 Å². The van der Waals surface area contributed by atoms with Gasteiger partial charge in [-0.2, -0.15) is 0 Å². The number of nitrogens with one attached hydrogen (secondary N) is 2. The van der Waals surface area contributed by atoms with Crippen molar-refractivity contribution < 1.29 is 9.59 Å². The molecule has 0 heterocycles. The second-order valence-corrected chi connectivity index (χ2v) is 6.60. The second-order valence-electron chi connectivity index (χ2n) is 6.16. The van der Waals surface area contributed by atoms with E-state index in [4.69, 9.17) is 11.6 Å². The van der Waals surface area contributed by atoms with Crippen LogP contribution in [0.5, 0.6) is 0 Å². The maximum atomic E-state index is 12.5. The maximum absolute atomic E-state index is 12.5. The Morgan fingerprint density at radius 3 is 2.26 bits per heavy atom. The molecule has 3 aromatic rings. The van der Waals surface area contributed by atoms with Crippen LogP contribution in [0.3, 0.4) is 0 Å². The van der Waals surface area contributed by atoms with Crippen molar-refractivity contribution in [2.24, 2.45) is 0 Å². The Labute approximate surface area is 163 Å². The van der Waals surface area contributed by atoms with Gasteiger partial charge in [-0.1, -0.05) is 48.0 Å². The molecule has 136 valence electrons. The summed E-state index contributed by atoms with van der Waals surface area (Å²) in [6.07, 6.45) is 0. The molecule has 0 spiro atoms. The molecule has 0 bridgehead atoms. The summed E-state index contributed by atoms with van der Waals surface area (Å²) in [5.41, 5.74) is 3.41. The van der Waals surface area contributed by atoms with E-state index in [9.17, 15) is 9.59 Å². The first-order chi connectivity index (χ1) is 13.0. The summed E-state index contributed by atoms with van der Waals surface area (Å²) in [7, 11) is 0. The van der Waals surface area contributed by atoms with E-state index < -0.39 is 0 Å². The molecule has 4 nitrogen and oxygen atoms in total. The van der Waals surface area contributed by atoms with Crippen molar-refractivity contribution in [3.8, 4) is 0 Å². The van der Waals surface area contributed by atoms with Gasteiger partial charge < -0.3 is 10.6 Å². The molecule has 2 N–H and O–H groups in total. The van der Waals surface area contributed by atoms with Crippen LogP contribution in [0.1, 0.15) is 31.8 Å². The lowest BCUT2D eigenvalue weighted by molar-refractivity contribution is 0.0951. The highest BCUT2D eigenvalue weighted by Gasteiger charge is 2.12. The van der Waals surface area contributed by atoms with Crippen LogP contribution < -0.4 is 10.6 Å². The van der Waals surface area contributed by atoms with Crippen molar-refractivity contribution in [2.75, 3.05) is 5.32 Å². The van der Waals surface area contributed by atoms with Crippen molar-refractivity contribution in [2.45, 2.75) is 13.5 Å². The molecule has 0 aromatic heterocycles. The fraction of sp³-hybridized carbons (Fsp3) is 0.0909. The monoisotopic (exact) mass is 378 g/mol. The number of aryl methyl sites for hydroxylation is 1. The smallest absolute Gasteiger partial charge is 0.255 e. The van der Waals surface area contributed by atoms with Gasteiger partial charge in [0.25, 0.3) is 11.8 Å². The van der Waals surface area contributed by atoms with Gasteiger partial charge in [0.2, 0.25) is 0 Å². The summed E-state index contributed by atoms with van der Waals surface area (Å²) in [5, 5.41) is 6.32. The van der Waals surface area contributed by atoms with E-state index >= 15 is 0 Å². The van der Waals surface area contributed by atoms with Crippen molar-refractivity contribution in [3.05, 3.63) is 100 Å². The number of benzene rings is 3. The Kier molecular flexibility index (Phi) is 5.89. The Balaban J connectivity index is 1.68. The largest absolute Gasteiger partial charge is 0.348 e. The van der Waals surface area contributed by atoms with E-state index in [1.165, 1.54) is 0 Å². The van der Waals surface area contributed by atoms with E-state index in [-0.39, 0.29) is 11.8 Å². The average molecular weight is 379 g/mol. The molecule has 0 aliphatic rings. The SMILES string of the molecule is Cc1cc(Cl)ccc1NC(=O)c1cccc(C(=O)NCc2ccccc2)c1. The van der Waals surface area contributed by atoms with E-state index in [2.05, 4.69) is 10.6 Å². The van der Waals surface area contributed by atoms with Gasteiger partial charge in [0.15, 0.2) is 0 Å². The van der Waals surface area contributed by atoms with Gasteiger partial charge >= 0.3 is 0 Å². The van der Waals surface area contributed by atoms with Crippen LogP contribution >= 0.6 is 11.6 Å². The molecule has 0 unspecified atom stereocenters. The van der Waals surface area contributed by atoms with E-state index in [1.807, 2.05) is 37.3 Å². The zero-order chi connectivity index (χ0) is 19.2. The third-order valence-electron chi connectivity index (χ3n) is 4.12. The lowest BCUT2D eigenvalue weighted by atomic mass is 10.1. The lowest BCUT2D eigenvalue weighted by Crippen LogP contribution is -2.23. The quantitative estimate of drug-likeness (QED) is 0.668. The number of amides is 2. The highest BCUT2D eigenvalue weighted by atomic mass is 35.5. The summed E-state index contributed by atoms with van der Waals surface area (Å²) >= 11 is 5.94.